The van der Waals surface area contributed by atoms with Crippen LogP contribution >= 0.6 is 0 Å². The van der Waals surface area contributed by atoms with Crippen LogP contribution in [0.5, 0.6) is 0 Å². The quantitative estimate of drug-likeness (QED) is 0.460. The number of hydrogen-bond donors (Lipinski definition) is 2. The van der Waals surface area contributed by atoms with Crippen molar-refractivity contribution in [2.75, 3.05) is 18.4 Å². The van der Waals surface area contributed by atoms with Crippen molar-refractivity contribution in [3.8, 4) is 0 Å². The molecule has 0 saturated carbocycles. The summed E-state index contributed by atoms with van der Waals surface area (Å²) in [7, 11) is 0. The van der Waals surface area contributed by atoms with Crippen LogP contribution in [0.25, 0.3) is 0 Å². The number of carbonyl (C=O) groups is 1. The van der Waals surface area contributed by atoms with Crippen LogP contribution in [0.15, 0.2) is 18.2 Å². The molecule has 1 aromatic rings. The highest BCUT2D eigenvalue weighted by Gasteiger charge is 2.14. The number of rotatable bonds is 6. The summed E-state index contributed by atoms with van der Waals surface area (Å²) in [6.07, 6.45) is 0.902. The molecule has 1 rings (SSSR count). The van der Waals surface area contributed by atoms with Gasteiger partial charge in [0.05, 0.1) is 11.5 Å². The number of nitrogens with one attached hydrogen (secondary N) is 2. The lowest BCUT2D eigenvalue weighted by atomic mass is 10.2. The second kappa shape index (κ2) is 6.65. The third-order valence-electron chi connectivity index (χ3n) is 2.14. The number of amides is 1. The van der Waals surface area contributed by atoms with Crippen LogP contribution in [0.2, 0.25) is 0 Å². The van der Waals surface area contributed by atoms with Crippen LogP contribution in [0.1, 0.15) is 13.3 Å². The molecular formula is C11H14FN3O3. The average molecular weight is 255 g/mol. The summed E-state index contributed by atoms with van der Waals surface area (Å²) in [6, 6.07) is 3.24. The van der Waals surface area contributed by atoms with Gasteiger partial charge < -0.3 is 10.6 Å². The van der Waals surface area contributed by atoms with Crippen LogP contribution in [-0.4, -0.2) is 23.9 Å². The largest absolute Gasteiger partial charge is 0.325 e. The van der Waals surface area contributed by atoms with E-state index in [0.717, 1.165) is 18.6 Å². The van der Waals surface area contributed by atoms with E-state index in [4.69, 9.17) is 0 Å². The molecule has 98 valence electrons. The predicted molar refractivity (Wildman–Crippen MR) is 64.8 cm³/mol. The average Bonchev–Trinajstić information content (AvgIpc) is 2.28. The first-order valence-corrected chi connectivity index (χ1v) is 5.49. The Balaban J connectivity index is 2.60. The van der Waals surface area contributed by atoms with Crippen LogP contribution in [0, 0.1) is 15.9 Å². The Morgan fingerprint density at radius 1 is 1.50 bits per heavy atom. The molecule has 0 aromatic heterocycles. The second-order valence-corrected chi connectivity index (χ2v) is 3.65. The molecule has 0 bridgehead atoms. The third-order valence-corrected chi connectivity index (χ3v) is 2.14. The van der Waals surface area contributed by atoms with Crippen LogP contribution in [-0.2, 0) is 4.79 Å². The highest BCUT2D eigenvalue weighted by Crippen LogP contribution is 2.20. The van der Waals surface area contributed by atoms with E-state index in [0.29, 0.717) is 6.54 Å². The van der Waals surface area contributed by atoms with E-state index in [9.17, 15) is 19.3 Å². The van der Waals surface area contributed by atoms with E-state index >= 15 is 0 Å². The SMILES string of the molecule is CCCNCC(=O)Nc1ccc([N+](=O)[O-])c(F)c1. The molecule has 2 N–H and O–H groups in total. The summed E-state index contributed by atoms with van der Waals surface area (Å²) < 4.78 is 13.2. The molecule has 0 saturated heterocycles. The number of carbonyl (C=O) groups excluding carboxylic acids is 1. The van der Waals surface area contributed by atoms with Gasteiger partial charge in [-0.25, -0.2) is 0 Å². The van der Waals surface area contributed by atoms with Gasteiger partial charge in [-0.2, -0.15) is 4.39 Å². The Labute approximate surface area is 103 Å². The molecule has 6 nitrogen and oxygen atoms in total. The number of benzene rings is 1. The number of hydrogen-bond acceptors (Lipinski definition) is 4. The molecule has 0 aliphatic carbocycles. The maximum Gasteiger partial charge on any atom is 0.304 e. The van der Waals surface area contributed by atoms with Gasteiger partial charge in [-0.05, 0) is 19.0 Å². The molecule has 0 heterocycles. The van der Waals surface area contributed by atoms with E-state index in [1.807, 2.05) is 6.92 Å². The lowest BCUT2D eigenvalue weighted by molar-refractivity contribution is -0.387. The van der Waals surface area contributed by atoms with Gasteiger partial charge in [0.15, 0.2) is 0 Å². The highest BCUT2D eigenvalue weighted by atomic mass is 19.1. The first-order valence-electron chi connectivity index (χ1n) is 5.49. The minimum Gasteiger partial charge on any atom is -0.325 e. The van der Waals surface area contributed by atoms with Crippen molar-refractivity contribution in [1.82, 2.24) is 5.32 Å². The van der Waals surface area contributed by atoms with E-state index < -0.39 is 16.4 Å². The normalized spacial score (nSPS) is 10.1. The van der Waals surface area contributed by atoms with Crippen LogP contribution in [0.4, 0.5) is 15.8 Å². The maximum absolute atomic E-state index is 13.2. The number of nitrogens with zero attached hydrogens (tertiary/aromatic N) is 1. The second-order valence-electron chi connectivity index (χ2n) is 3.65. The van der Waals surface area contributed by atoms with Gasteiger partial charge in [-0.1, -0.05) is 6.92 Å². The Hall–Kier alpha value is -2.02. The monoisotopic (exact) mass is 255 g/mol. The molecule has 7 heteroatoms. The lowest BCUT2D eigenvalue weighted by Crippen LogP contribution is -2.28. The van der Waals surface area contributed by atoms with Crippen molar-refractivity contribution in [2.24, 2.45) is 0 Å². The minimum atomic E-state index is -0.973. The summed E-state index contributed by atoms with van der Waals surface area (Å²) in [5, 5.41) is 15.7. The Morgan fingerprint density at radius 2 is 2.22 bits per heavy atom. The predicted octanol–water partition coefficient (Wildman–Crippen LogP) is 1.67. The summed E-state index contributed by atoms with van der Waals surface area (Å²) >= 11 is 0. The minimum absolute atomic E-state index is 0.118. The van der Waals surface area contributed by atoms with Gasteiger partial charge in [0.2, 0.25) is 11.7 Å². The van der Waals surface area contributed by atoms with Gasteiger partial charge in [0, 0.05) is 17.8 Å². The van der Waals surface area contributed by atoms with Gasteiger partial charge in [-0.15, -0.1) is 0 Å². The highest BCUT2D eigenvalue weighted by molar-refractivity contribution is 5.92. The molecule has 0 atom stereocenters. The van der Waals surface area contributed by atoms with Crippen molar-refractivity contribution >= 4 is 17.3 Å². The number of halogens is 1. The first-order chi connectivity index (χ1) is 8.54. The molecule has 0 fully saturated rings. The zero-order valence-electron chi connectivity index (χ0n) is 9.90. The van der Waals surface area contributed by atoms with E-state index in [1.54, 1.807) is 0 Å². The fraction of sp³-hybridized carbons (Fsp3) is 0.364. The lowest BCUT2D eigenvalue weighted by Gasteiger charge is -2.06. The van der Waals surface area contributed by atoms with E-state index in [1.165, 1.54) is 6.07 Å². The Bertz CT molecular complexity index is 451. The molecule has 0 spiro atoms. The van der Waals surface area contributed by atoms with Gasteiger partial charge >= 0.3 is 5.69 Å². The standard InChI is InChI=1S/C11H14FN3O3/c1-2-5-13-7-11(16)14-8-3-4-10(15(17)18)9(12)6-8/h3-4,6,13H,2,5,7H2,1H3,(H,14,16). The molecule has 0 aliphatic heterocycles. The fourth-order valence-corrected chi connectivity index (χ4v) is 1.32. The van der Waals surface area contributed by atoms with Crippen molar-refractivity contribution < 1.29 is 14.1 Å². The van der Waals surface area contributed by atoms with Crippen molar-refractivity contribution in [3.63, 3.8) is 0 Å². The summed E-state index contributed by atoms with van der Waals surface area (Å²) in [5.74, 6) is -1.30. The number of nitro groups is 1. The van der Waals surface area contributed by atoms with E-state index in [2.05, 4.69) is 10.6 Å². The Kier molecular flexibility index (Phi) is 5.19. The third kappa shape index (κ3) is 4.10. The van der Waals surface area contributed by atoms with Crippen LogP contribution in [0.3, 0.4) is 0 Å². The maximum atomic E-state index is 13.2. The first kappa shape index (κ1) is 14.0. The molecule has 1 amide bonds. The summed E-state index contributed by atoms with van der Waals surface area (Å²) in [5.41, 5.74) is -0.418. The summed E-state index contributed by atoms with van der Waals surface area (Å²) in [4.78, 5) is 21.0. The van der Waals surface area contributed by atoms with Crippen molar-refractivity contribution in [2.45, 2.75) is 13.3 Å². The fourth-order valence-electron chi connectivity index (χ4n) is 1.32. The van der Waals surface area contributed by atoms with Gasteiger partial charge in [0.25, 0.3) is 0 Å². The zero-order chi connectivity index (χ0) is 13.5. The smallest absolute Gasteiger partial charge is 0.304 e. The Morgan fingerprint density at radius 3 is 2.78 bits per heavy atom. The zero-order valence-corrected chi connectivity index (χ0v) is 9.90. The van der Waals surface area contributed by atoms with Gasteiger partial charge in [-0.3, -0.25) is 14.9 Å². The van der Waals surface area contributed by atoms with Gasteiger partial charge in [0.1, 0.15) is 0 Å². The summed E-state index contributed by atoms with van der Waals surface area (Å²) in [6.45, 7) is 2.80. The molecule has 0 unspecified atom stereocenters. The molecule has 0 radical (unpaired) electrons. The topological polar surface area (TPSA) is 84.3 Å². The van der Waals surface area contributed by atoms with E-state index in [-0.39, 0.29) is 18.1 Å². The number of anilines is 1. The number of nitro benzene ring substituents is 1. The molecule has 18 heavy (non-hydrogen) atoms. The van der Waals surface area contributed by atoms with Crippen LogP contribution < -0.4 is 10.6 Å². The molecule has 1 aromatic carbocycles. The van der Waals surface area contributed by atoms with Crippen molar-refractivity contribution in [3.05, 3.63) is 34.1 Å². The van der Waals surface area contributed by atoms with Crippen molar-refractivity contribution in [1.29, 1.82) is 0 Å². The molecular weight excluding hydrogens is 241 g/mol. The molecule has 0 aliphatic rings.